The van der Waals surface area contributed by atoms with Gasteiger partial charge < -0.3 is 30.3 Å². The molecule has 1 aliphatic rings. The number of hydrogen-bond acceptors (Lipinski definition) is 7. The van der Waals surface area contributed by atoms with Crippen LogP contribution in [0, 0.1) is 5.41 Å². The lowest BCUT2D eigenvalue weighted by atomic mass is 9.85. The molecule has 0 aliphatic carbocycles. The summed E-state index contributed by atoms with van der Waals surface area (Å²) in [5.41, 5.74) is -0.538. The van der Waals surface area contributed by atoms with Gasteiger partial charge >= 0.3 is 0 Å². The molecule has 0 spiro atoms. The van der Waals surface area contributed by atoms with Crippen LogP contribution in [0.15, 0.2) is 0 Å². The molecule has 1 aliphatic heterocycles. The summed E-state index contributed by atoms with van der Waals surface area (Å²) in [5, 5.41) is 24.7. The van der Waals surface area contributed by atoms with E-state index in [-0.39, 0.29) is 37.6 Å². The predicted molar refractivity (Wildman–Crippen MR) is 99.8 cm³/mol. The van der Waals surface area contributed by atoms with Crippen molar-refractivity contribution in [2.45, 2.75) is 64.6 Å². The van der Waals surface area contributed by atoms with Crippen molar-refractivity contribution in [2.75, 3.05) is 25.4 Å². The Labute approximate surface area is 160 Å². The number of rotatable bonds is 10. The lowest BCUT2D eigenvalue weighted by Gasteiger charge is -2.41. The maximum Gasteiger partial charge on any atom is 0.249 e. The maximum absolute atomic E-state index is 12.5. The molecule has 0 saturated carbocycles. The fraction of sp³-hybridized carbons (Fsp3) is 0.882. The van der Waals surface area contributed by atoms with E-state index in [9.17, 15) is 19.8 Å². The minimum Gasteiger partial charge on any atom is -0.393 e. The highest BCUT2D eigenvalue weighted by Gasteiger charge is 2.43. The van der Waals surface area contributed by atoms with Crippen LogP contribution < -0.4 is 10.6 Å². The third-order valence-corrected chi connectivity index (χ3v) is 4.26. The second-order valence-electron chi connectivity index (χ2n) is 7.33. The van der Waals surface area contributed by atoms with E-state index in [0.717, 1.165) is 0 Å². The molecular formula is C17H32N2O6S. The summed E-state index contributed by atoms with van der Waals surface area (Å²) in [4.78, 5) is 24.0. The van der Waals surface area contributed by atoms with Crippen LogP contribution in [0.5, 0.6) is 0 Å². The Bertz CT molecular complexity index is 461. The number of ether oxygens (including phenoxy) is 2. The zero-order chi connectivity index (χ0) is 19.7. The van der Waals surface area contributed by atoms with E-state index in [0.29, 0.717) is 18.9 Å². The van der Waals surface area contributed by atoms with Crippen molar-refractivity contribution in [3.05, 3.63) is 0 Å². The second-order valence-corrected chi connectivity index (χ2v) is 7.78. The smallest absolute Gasteiger partial charge is 0.249 e. The summed E-state index contributed by atoms with van der Waals surface area (Å²) in [7, 11) is 0. The Hall–Kier alpha value is -0.870. The molecule has 0 aromatic heterocycles. The average Bonchev–Trinajstić information content (AvgIpc) is 2.53. The number of nitrogens with one attached hydrogen (secondary N) is 2. The zero-order valence-corrected chi connectivity index (χ0v) is 16.6. The van der Waals surface area contributed by atoms with Crippen molar-refractivity contribution in [3.8, 4) is 0 Å². The van der Waals surface area contributed by atoms with E-state index in [1.165, 1.54) is 0 Å². The van der Waals surface area contributed by atoms with Crippen molar-refractivity contribution in [1.82, 2.24) is 10.6 Å². The normalized spacial score (nSPS) is 24.5. The number of hydrogen-bond donors (Lipinski definition) is 5. The van der Waals surface area contributed by atoms with Crippen molar-refractivity contribution >= 4 is 24.4 Å². The third-order valence-electron chi connectivity index (χ3n) is 4.04. The number of carbonyl (C=O) groups is 2. The molecule has 8 nitrogen and oxygen atoms in total. The van der Waals surface area contributed by atoms with Crippen LogP contribution in [0.3, 0.4) is 0 Å². The number of aliphatic hydroxyl groups is 2. The predicted octanol–water partition coefficient (Wildman–Crippen LogP) is -0.172. The first-order chi connectivity index (χ1) is 12.2. The largest absolute Gasteiger partial charge is 0.393 e. The van der Waals surface area contributed by atoms with Gasteiger partial charge in [0.2, 0.25) is 11.8 Å². The quantitative estimate of drug-likeness (QED) is 0.330. The van der Waals surface area contributed by atoms with Gasteiger partial charge in [-0.1, -0.05) is 13.8 Å². The van der Waals surface area contributed by atoms with Crippen molar-refractivity contribution < 1.29 is 29.3 Å². The first-order valence-corrected chi connectivity index (χ1v) is 9.57. The van der Waals surface area contributed by atoms with Gasteiger partial charge in [0.05, 0.1) is 18.8 Å². The molecule has 4 atom stereocenters. The standard InChI is InChI=1S/C17H32N2O6S/c1-11(20)8-12(21)9-14-24-10-17(2,3)15(25-14)16(23)19-5-4-13(22)18-6-7-26/h11-12,14-15,20-21,26H,4-10H2,1-3H3,(H,18,22)(H,19,23)/t11?,12?,14?,15-/m0/s1. The molecule has 26 heavy (non-hydrogen) atoms. The second kappa shape index (κ2) is 11.1. The molecule has 1 saturated heterocycles. The summed E-state index contributed by atoms with van der Waals surface area (Å²) in [6.07, 6.45) is -2.30. The average molecular weight is 393 g/mol. The summed E-state index contributed by atoms with van der Waals surface area (Å²) in [6, 6.07) is 0. The molecule has 9 heteroatoms. The maximum atomic E-state index is 12.5. The van der Waals surface area contributed by atoms with Crippen LogP contribution in [0.1, 0.15) is 40.0 Å². The first-order valence-electron chi connectivity index (χ1n) is 8.94. The topological polar surface area (TPSA) is 117 Å². The van der Waals surface area contributed by atoms with Crippen molar-refractivity contribution in [1.29, 1.82) is 0 Å². The Balaban J connectivity index is 2.49. The lowest BCUT2D eigenvalue weighted by molar-refractivity contribution is -0.261. The molecule has 0 aromatic carbocycles. The van der Waals surface area contributed by atoms with Gasteiger partial charge in [-0.2, -0.15) is 12.6 Å². The highest BCUT2D eigenvalue weighted by molar-refractivity contribution is 7.80. The van der Waals surface area contributed by atoms with Gasteiger partial charge in [-0.05, 0) is 13.3 Å². The van der Waals surface area contributed by atoms with Gasteiger partial charge in [-0.15, -0.1) is 0 Å². The van der Waals surface area contributed by atoms with E-state index in [1.54, 1.807) is 6.92 Å². The van der Waals surface area contributed by atoms with Gasteiger partial charge in [-0.25, -0.2) is 0 Å². The summed E-state index contributed by atoms with van der Waals surface area (Å²) >= 11 is 4.01. The Morgan fingerprint density at radius 1 is 1.27 bits per heavy atom. The van der Waals surface area contributed by atoms with E-state index >= 15 is 0 Å². The monoisotopic (exact) mass is 392 g/mol. The van der Waals surface area contributed by atoms with Crippen LogP contribution in [0.2, 0.25) is 0 Å². The third kappa shape index (κ3) is 8.22. The molecule has 4 N–H and O–H groups in total. The Kier molecular flexibility index (Phi) is 9.88. The molecule has 0 radical (unpaired) electrons. The highest BCUT2D eigenvalue weighted by atomic mass is 32.1. The fourth-order valence-corrected chi connectivity index (χ4v) is 2.80. The lowest BCUT2D eigenvalue weighted by Crippen LogP contribution is -2.54. The van der Waals surface area contributed by atoms with Crippen LogP contribution in [0.4, 0.5) is 0 Å². The van der Waals surface area contributed by atoms with E-state index in [1.807, 2.05) is 13.8 Å². The van der Waals surface area contributed by atoms with Crippen LogP contribution in [0.25, 0.3) is 0 Å². The van der Waals surface area contributed by atoms with Crippen LogP contribution in [-0.2, 0) is 19.1 Å². The van der Waals surface area contributed by atoms with Gasteiger partial charge in [0, 0.05) is 37.1 Å². The number of amides is 2. The minimum atomic E-state index is -0.777. The summed E-state index contributed by atoms with van der Waals surface area (Å²) < 4.78 is 11.3. The first kappa shape index (κ1) is 23.2. The van der Waals surface area contributed by atoms with Gasteiger partial charge in [0.1, 0.15) is 6.10 Å². The molecule has 1 rings (SSSR count). The molecule has 1 heterocycles. The van der Waals surface area contributed by atoms with E-state index in [2.05, 4.69) is 23.3 Å². The van der Waals surface area contributed by atoms with Crippen molar-refractivity contribution in [3.63, 3.8) is 0 Å². The van der Waals surface area contributed by atoms with Gasteiger partial charge in [0.15, 0.2) is 6.29 Å². The highest BCUT2D eigenvalue weighted by Crippen LogP contribution is 2.32. The van der Waals surface area contributed by atoms with Crippen LogP contribution in [-0.4, -0.2) is 72.1 Å². The Morgan fingerprint density at radius 3 is 2.58 bits per heavy atom. The zero-order valence-electron chi connectivity index (χ0n) is 15.7. The molecule has 3 unspecified atom stereocenters. The van der Waals surface area contributed by atoms with Crippen molar-refractivity contribution in [2.24, 2.45) is 5.41 Å². The van der Waals surface area contributed by atoms with Crippen LogP contribution >= 0.6 is 12.6 Å². The molecule has 152 valence electrons. The summed E-state index contributed by atoms with van der Waals surface area (Å²) in [6.45, 7) is 6.32. The fourth-order valence-electron chi connectivity index (χ4n) is 2.69. The van der Waals surface area contributed by atoms with E-state index < -0.39 is 30.0 Å². The number of aliphatic hydroxyl groups excluding tert-OH is 2. The SMILES string of the molecule is CC(O)CC(O)CC1OCC(C)(C)[C@H](C(=O)NCCC(=O)NCCS)O1. The van der Waals surface area contributed by atoms with Gasteiger partial charge in [-0.3, -0.25) is 9.59 Å². The number of carbonyl (C=O) groups excluding carboxylic acids is 2. The molecular weight excluding hydrogens is 360 g/mol. The molecule has 2 amide bonds. The van der Waals surface area contributed by atoms with Gasteiger partial charge in [0.25, 0.3) is 0 Å². The summed E-state index contributed by atoms with van der Waals surface area (Å²) in [5.74, 6) is 0.103. The Morgan fingerprint density at radius 2 is 1.96 bits per heavy atom. The molecule has 0 aromatic rings. The number of thiol groups is 1. The minimum absolute atomic E-state index is 0.148. The molecule has 0 bridgehead atoms. The van der Waals surface area contributed by atoms with E-state index in [4.69, 9.17) is 9.47 Å². The molecule has 1 fully saturated rings.